The highest BCUT2D eigenvalue weighted by Crippen LogP contribution is 2.25. The Balaban J connectivity index is 1.82. The predicted molar refractivity (Wildman–Crippen MR) is 136 cm³/mol. The van der Waals surface area contributed by atoms with Gasteiger partial charge >= 0.3 is 0 Å². The third kappa shape index (κ3) is 6.74. The Kier molecular flexibility index (Phi) is 8.92. The van der Waals surface area contributed by atoms with Gasteiger partial charge in [-0.05, 0) is 50.2 Å². The van der Waals surface area contributed by atoms with Crippen LogP contribution in [-0.2, 0) is 11.3 Å². The first-order chi connectivity index (χ1) is 16.4. The number of carbonyl (C=O) groups is 1. The second-order valence-electron chi connectivity index (χ2n) is 7.44. The molecule has 0 radical (unpaired) electrons. The summed E-state index contributed by atoms with van der Waals surface area (Å²) >= 11 is 0.480. The van der Waals surface area contributed by atoms with Gasteiger partial charge < -0.3 is 25.6 Å². The van der Waals surface area contributed by atoms with Crippen molar-refractivity contribution >= 4 is 28.6 Å². The van der Waals surface area contributed by atoms with Crippen LogP contribution in [0.5, 0.6) is 11.5 Å². The number of hydrogen-bond donors (Lipinski definition) is 4. The Morgan fingerprint density at radius 3 is 2.44 bits per heavy atom. The molecule has 1 amide bonds. The number of aromatic nitrogens is 2. The molecule has 178 valence electrons. The molecule has 0 fully saturated rings. The molecule has 3 aromatic rings. The van der Waals surface area contributed by atoms with Crippen LogP contribution in [0.4, 0.5) is 5.82 Å². The number of nitrogens with two attached hydrogens (primary N) is 1. The molecule has 0 atom stereocenters. The highest BCUT2D eigenvalue weighted by atomic mass is 32.1. The van der Waals surface area contributed by atoms with Crippen LogP contribution in [-0.4, -0.2) is 43.1 Å². The van der Waals surface area contributed by atoms with Crippen LogP contribution in [0.3, 0.4) is 0 Å². The van der Waals surface area contributed by atoms with Gasteiger partial charge in [-0.2, -0.15) is 0 Å². The normalized spacial score (nSPS) is 12.4. The lowest BCUT2D eigenvalue weighted by molar-refractivity contribution is -0.116. The van der Waals surface area contributed by atoms with Crippen molar-refractivity contribution in [3.8, 4) is 11.5 Å². The molecule has 0 saturated heterocycles. The lowest BCUT2D eigenvalue weighted by Gasteiger charge is -2.21. The number of para-hydroxylation sites is 1. The average Bonchev–Trinajstić information content (AvgIpc) is 2.84. The molecule has 34 heavy (non-hydrogen) atoms. The largest absolute Gasteiger partial charge is 0.457 e. The molecule has 0 unspecified atom stereocenters. The molecule has 4 N–H and O–H groups in total. The highest BCUT2D eigenvalue weighted by molar-refractivity contribution is 8.02. The number of anilines is 1. The number of nitrogen functional groups attached to an aromatic ring is 1. The molecule has 1 aromatic heterocycles. The summed E-state index contributed by atoms with van der Waals surface area (Å²) in [5.41, 5.74) is 7.80. The van der Waals surface area contributed by atoms with E-state index in [-0.39, 0.29) is 24.6 Å². The zero-order valence-corrected chi connectivity index (χ0v) is 19.9. The summed E-state index contributed by atoms with van der Waals surface area (Å²) in [5, 5.41) is 20.4. The van der Waals surface area contributed by atoms with Gasteiger partial charge in [0.15, 0.2) is 0 Å². The third-order valence-corrected chi connectivity index (χ3v) is 6.30. The SMILES string of the molecule is C/C(=C(CCO)/[SH]=C(\O)c1ccc(Oc2ccccc2)cc1)N(C=O)Cc1cnc(C)nc1N. The second-order valence-corrected chi connectivity index (χ2v) is 8.63. The maximum atomic E-state index is 11.8. The fourth-order valence-corrected chi connectivity index (χ4v) is 4.17. The van der Waals surface area contributed by atoms with Crippen molar-refractivity contribution in [2.24, 2.45) is 0 Å². The van der Waals surface area contributed by atoms with Crippen molar-refractivity contribution in [1.29, 1.82) is 0 Å². The number of aryl methyl sites for hydroxylation is 1. The molecule has 0 spiro atoms. The van der Waals surface area contributed by atoms with Gasteiger partial charge in [-0.3, -0.25) is 4.79 Å². The van der Waals surface area contributed by atoms with Gasteiger partial charge in [0.05, 0.1) is 6.54 Å². The van der Waals surface area contributed by atoms with E-state index >= 15 is 0 Å². The van der Waals surface area contributed by atoms with E-state index in [1.165, 1.54) is 4.90 Å². The molecular formula is C25H28N4O4S. The highest BCUT2D eigenvalue weighted by Gasteiger charge is 2.13. The minimum Gasteiger partial charge on any atom is -0.457 e. The van der Waals surface area contributed by atoms with Crippen LogP contribution in [0.15, 0.2) is 71.4 Å². The van der Waals surface area contributed by atoms with E-state index in [1.54, 1.807) is 44.3 Å². The second kappa shape index (κ2) is 12.1. The third-order valence-electron chi connectivity index (χ3n) is 5.02. The van der Waals surface area contributed by atoms with Gasteiger partial charge in [-0.15, -0.1) is 11.4 Å². The molecule has 2 aromatic carbocycles. The molecular weight excluding hydrogens is 452 g/mol. The first-order valence-electron chi connectivity index (χ1n) is 10.6. The fraction of sp³-hybridized carbons (Fsp3) is 0.200. The lowest BCUT2D eigenvalue weighted by atomic mass is 10.2. The smallest absolute Gasteiger partial charge is 0.214 e. The number of hydrogen-bond acceptors (Lipinski definition) is 6. The Morgan fingerprint density at radius 2 is 1.82 bits per heavy atom. The quantitative estimate of drug-likeness (QED) is 0.197. The van der Waals surface area contributed by atoms with E-state index in [9.17, 15) is 15.0 Å². The van der Waals surface area contributed by atoms with Crippen molar-refractivity contribution in [2.75, 3.05) is 12.3 Å². The summed E-state index contributed by atoms with van der Waals surface area (Å²) in [6.45, 7) is 3.55. The van der Waals surface area contributed by atoms with Crippen molar-refractivity contribution in [2.45, 2.75) is 26.8 Å². The topological polar surface area (TPSA) is 122 Å². The van der Waals surface area contributed by atoms with Crippen LogP contribution in [0.2, 0.25) is 0 Å². The van der Waals surface area contributed by atoms with Crippen LogP contribution in [0.1, 0.15) is 30.3 Å². The number of aliphatic hydroxyl groups is 2. The van der Waals surface area contributed by atoms with Crippen molar-refractivity contribution in [3.63, 3.8) is 0 Å². The molecule has 0 bridgehead atoms. The molecule has 0 saturated carbocycles. The first-order valence-corrected chi connectivity index (χ1v) is 11.5. The Morgan fingerprint density at radius 1 is 1.15 bits per heavy atom. The summed E-state index contributed by atoms with van der Waals surface area (Å²) in [6, 6.07) is 16.5. The number of nitrogens with zero attached hydrogens (tertiary/aromatic N) is 3. The first kappa shape index (κ1) is 25.1. The molecule has 3 rings (SSSR count). The molecule has 1 heterocycles. The molecule has 8 nitrogen and oxygen atoms in total. The Hall–Kier alpha value is -3.53. The Bertz CT molecular complexity index is 1180. The van der Waals surface area contributed by atoms with E-state index in [2.05, 4.69) is 9.97 Å². The predicted octanol–water partition coefficient (Wildman–Crippen LogP) is 3.93. The minimum absolute atomic E-state index is 0.0955. The summed E-state index contributed by atoms with van der Waals surface area (Å²) in [5.74, 6) is 2.22. The summed E-state index contributed by atoms with van der Waals surface area (Å²) in [4.78, 5) is 22.3. The van der Waals surface area contributed by atoms with E-state index in [4.69, 9.17) is 10.5 Å². The minimum atomic E-state index is -0.126. The maximum Gasteiger partial charge on any atom is 0.214 e. The van der Waals surface area contributed by atoms with E-state index in [0.29, 0.717) is 56.9 Å². The number of benzene rings is 2. The fourth-order valence-electron chi connectivity index (χ4n) is 3.13. The molecule has 0 aliphatic rings. The Labute approximate surface area is 202 Å². The van der Waals surface area contributed by atoms with Crippen molar-refractivity contribution in [1.82, 2.24) is 14.9 Å². The molecule has 0 aliphatic carbocycles. The van der Waals surface area contributed by atoms with Crippen LogP contribution >= 0.6 is 11.4 Å². The van der Waals surface area contributed by atoms with Gasteiger partial charge in [0, 0.05) is 41.0 Å². The van der Waals surface area contributed by atoms with Crippen molar-refractivity contribution < 1.29 is 19.7 Å². The van der Waals surface area contributed by atoms with Crippen molar-refractivity contribution in [3.05, 3.63) is 88.3 Å². The van der Waals surface area contributed by atoms with E-state index < -0.39 is 0 Å². The van der Waals surface area contributed by atoms with E-state index in [0.717, 1.165) is 5.75 Å². The van der Waals surface area contributed by atoms with Gasteiger partial charge in [-0.25, -0.2) is 9.97 Å². The summed E-state index contributed by atoms with van der Waals surface area (Å²) in [6.07, 6.45) is 2.57. The van der Waals surface area contributed by atoms with Gasteiger partial charge in [0.1, 0.15) is 28.2 Å². The van der Waals surface area contributed by atoms with Gasteiger partial charge in [-0.1, -0.05) is 18.2 Å². The van der Waals surface area contributed by atoms with Crippen LogP contribution in [0, 0.1) is 6.92 Å². The van der Waals surface area contributed by atoms with Crippen LogP contribution < -0.4 is 10.5 Å². The molecule has 0 aliphatic heterocycles. The zero-order chi connectivity index (χ0) is 24.5. The molecule has 9 heteroatoms. The average molecular weight is 481 g/mol. The number of amides is 1. The lowest BCUT2D eigenvalue weighted by Crippen LogP contribution is -2.22. The summed E-state index contributed by atoms with van der Waals surface area (Å²) < 4.78 is 5.79. The monoisotopic (exact) mass is 480 g/mol. The summed E-state index contributed by atoms with van der Waals surface area (Å²) in [7, 11) is 0. The number of aliphatic hydroxyl groups excluding tert-OH is 2. The van der Waals surface area contributed by atoms with Crippen LogP contribution in [0.25, 0.3) is 0 Å². The maximum absolute atomic E-state index is 11.8. The number of thiol groups is 1. The number of carbonyl (C=O) groups excluding carboxylic acids is 1. The number of ether oxygens (including phenoxy) is 1. The standard InChI is InChI=1S/C25H28N4O4S/c1-17(29(16-31)15-20-14-27-18(2)28-24(20)26)23(12-13-30)34-25(32)19-8-10-22(11-9-19)33-21-6-4-3-5-7-21/h3-11,14,16,30,32,34H,12-13,15H2,1-2H3,(H2,26,27,28)/b23-17-. The van der Waals surface area contributed by atoms with Gasteiger partial charge in [0.25, 0.3) is 0 Å². The number of allylic oxidation sites excluding steroid dienone is 1. The number of rotatable bonds is 10. The zero-order valence-electron chi connectivity index (χ0n) is 19.0. The van der Waals surface area contributed by atoms with E-state index in [1.807, 2.05) is 30.3 Å². The van der Waals surface area contributed by atoms with Gasteiger partial charge in [0.2, 0.25) is 6.41 Å².